The topological polar surface area (TPSA) is 106 Å². The first-order valence-electron chi connectivity index (χ1n) is 13.4. The summed E-state index contributed by atoms with van der Waals surface area (Å²) in [5.74, 6) is -0.0306. The lowest BCUT2D eigenvalue weighted by molar-refractivity contribution is 0.157. The number of methoxy groups -OCH3 is 1. The number of nitrogens with zero attached hydrogens (tertiary/aromatic N) is 3. The van der Waals surface area contributed by atoms with Crippen molar-refractivity contribution >= 4 is 27.2 Å². The van der Waals surface area contributed by atoms with Crippen molar-refractivity contribution in [3.63, 3.8) is 0 Å². The molecule has 0 atom stereocenters. The predicted molar refractivity (Wildman–Crippen MR) is 157 cm³/mol. The normalized spacial score (nSPS) is 14.4. The second kappa shape index (κ2) is 12.7. The molecule has 0 aliphatic carbocycles. The maximum atomic E-state index is 14.0. The summed E-state index contributed by atoms with van der Waals surface area (Å²) < 4.78 is 67.0. The van der Waals surface area contributed by atoms with E-state index >= 15 is 0 Å². The quantitative estimate of drug-likeness (QED) is 0.241. The molecule has 0 unspecified atom stereocenters. The van der Waals surface area contributed by atoms with Gasteiger partial charge in [-0.15, -0.1) is 0 Å². The van der Waals surface area contributed by atoms with E-state index < -0.39 is 26.6 Å². The third kappa shape index (κ3) is 6.94. The predicted octanol–water partition coefficient (Wildman–Crippen LogP) is 5.70. The van der Waals surface area contributed by atoms with E-state index in [-0.39, 0.29) is 5.69 Å². The van der Waals surface area contributed by atoms with E-state index in [0.29, 0.717) is 41.2 Å². The van der Waals surface area contributed by atoms with Crippen LogP contribution in [0.4, 0.5) is 26.0 Å². The Hall–Kier alpha value is -4.29. The number of aromatic nitrogens is 2. The molecular weight excluding hydrogens is 564 g/mol. The van der Waals surface area contributed by atoms with E-state index in [1.54, 1.807) is 25.3 Å². The molecule has 1 saturated heterocycles. The lowest BCUT2D eigenvalue weighted by atomic mass is 9.98. The second-order valence-electron chi connectivity index (χ2n) is 10.1. The number of sulfonamides is 1. The smallest absolute Gasteiger partial charge is 0.267 e. The van der Waals surface area contributed by atoms with Crippen molar-refractivity contribution in [2.45, 2.75) is 17.7 Å². The highest BCUT2D eigenvalue weighted by Crippen LogP contribution is 2.33. The van der Waals surface area contributed by atoms with Crippen molar-refractivity contribution in [2.24, 2.45) is 5.92 Å². The molecule has 5 rings (SSSR count). The molecule has 0 radical (unpaired) electrons. The Balaban J connectivity index is 1.25. The van der Waals surface area contributed by atoms with Gasteiger partial charge in [0.1, 0.15) is 23.8 Å². The molecule has 0 spiro atoms. The molecule has 1 fully saturated rings. The number of halogens is 2. The van der Waals surface area contributed by atoms with Crippen LogP contribution in [-0.2, 0) is 10.0 Å². The maximum absolute atomic E-state index is 14.0. The Kier molecular flexibility index (Phi) is 8.83. The maximum Gasteiger partial charge on any atom is 0.267 e. The van der Waals surface area contributed by atoms with Gasteiger partial charge in [-0.25, -0.2) is 27.2 Å². The summed E-state index contributed by atoms with van der Waals surface area (Å²) in [7, 11) is -0.727. The van der Waals surface area contributed by atoms with Gasteiger partial charge in [-0.05, 0) is 93.5 Å². The van der Waals surface area contributed by atoms with Crippen molar-refractivity contribution < 1.29 is 26.7 Å². The molecule has 1 aliphatic heterocycles. The Bertz CT molecular complexity index is 1630. The minimum atomic E-state index is -4.47. The fraction of sp³-hybridized carbons (Fsp3) is 0.267. The highest BCUT2D eigenvalue weighted by Gasteiger charge is 2.24. The monoisotopic (exact) mass is 595 g/mol. The number of hydrogen-bond acceptors (Lipinski definition) is 8. The van der Waals surface area contributed by atoms with Crippen molar-refractivity contribution in [3.05, 3.63) is 84.7 Å². The number of piperidine rings is 1. The Morgan fingerprint density at radius 1 is 0.929 bits per heavy atom. The number of likely N-dealkylation sites (tertiary alicyclic amines) is 1. The van der Waals surface area contributed by atoms with Crippen LogP contribution in [0.1, 0.15) is 12.8 Å². The minimum Gasteiger partial charge on any atom is -0.493 e. The summed E-state index contributed by atoms with van der Waals surface area (Å²) in [4.78, 5) is 9.96. The van der Waals surface area contributed by atoms with Gasteiger partial charge in [0, 0.05) is 23.0 Å². The molecule has 2 heterocycles. The highest BCUT2D eigenvalue weighted by molar-refractivity contribution is 7.92. The zero-order valence-corrected chi connectivity index (χ0v) is 24.0. The molecule has 220 valence electrons. The fourth-order valence-electron chi connectivity index (χ4n) is 4.68. The first-order chi connectivity index (χ1) is 20.2. The summed E-state index contributed by atoms with van der Waals surface area (Å²) >= 11 is 0. The van der Waals surface area contributed by atoms with E-state index in [9.17, 15) is 17.2 Å². The van der Waals surface area contributed by atoms with E-state index in [0.717, 1.165) is 49.7 Å². The van der Waals surface area contributed by atoms with Gasteiger partial charge in [-0.2, -0.15) is 0 Å². The number of ether oxygens (including phenoxy) is 2. The average Bonchev–Trinajstić information content (AvgIpc) is 2.97. The van der Waals surface area contributed by atoms with Crippen LogP contribution < -0.4 is 19.5 Å². The minimum absolute atomic E-state index is 0.136. The third-order valence-corrected chi connectivity index (χ3v) is 8.47. The van der Waals surface area contributed by atoms with Gasteiger partial charge in [0.25, 0.3) is 10.0 Å². The number of anilines is 3. The Morgan fingerprint density at radius 2 is 1.62 bits per heavy atom. The van der Waals surface area contributed by atoms with Crippen LogP contribution >= 0.6 is 0 Å². The summed E-state index contributed by atoms with van der Waals surface area (Å²) in [5, 5.41) is 3.15. The van der Waals surface area contributed by atoms with Crippen molar-refractivity contribution in [2.75, 3.05) is 43.9 Å². The van der Waals surface area contributed by atoms with Crippen LogP contribution in [0.5, 0.6) is 11.5 Å². The Labute approximate surface area is 243 Å². The number of nitrogens with one attached hydrogen (secondary N) is 2. The largest absolute Gasteiger partial charge is 0.493 e. The lowest BCUT2D eigenvalue weighted by Gasteiger charge is -2.28. The molecule has 1 aliphatic rings. The summed E-state index contributed by atoms with van der Waals surface area (Å²) in [6.07, 6.45) is 3.65. The summed E-state index contributed by atoms with van der Waals surface area (Å²) in [5.41, 5.74) is 2.21. The molecule has 0 saturated carbocycles. The highest BCUT2D eigenvalue weighted by atomic mass is 32.2. The SMILES string of the molecule is COc1cc(-c2cc(Nc3ccc(NS(=O)(=O)c4c(F)cccc4F)cc3)ncn2)ccc1OCC1CCN(C)CC1. The molecule has 1 aromatic heterocycles. The second-order valence-corrected chi connectivity index (χ2v) is 11.7. The van der Waals surface area contributed by atoms with Gasteiger partial charge in [-0.3, -0.25) is 4.72 Å². The molecule has 4 aromatic rings. The average molecular weight is 596 g/mol. The number of rotatable bonds is 10. The molecule has 3 aromatic carbocycles. The summed E-state index contributed by atoms with van der Waals surface area (Å²) in [6, 6.07) is 16.5. The van der Waals surface area contributed by atoms with Crippen molar-refractivity contribution in [1.29, 1.82) is 0 Å². The molecule has 2 N–H and O–H groups in total. The van der Waals surface area contributed by atoms with Crippen molar-refractivity contribution in [3.8, 4) is 22.8 Å². The van der Waals surface area contributed by atoms with Crippen LogP contribution in [0, 0.1) is 17.6 Å². The first kappa shape index (κ1) is 29.2. The van der Waals surface area contributed by atoms with Gasteiger partial charge < -0.3 is 19.7 Å². The van der Waals surface area contributed by atoms with Crippen LogP contribution in [0.3, 0.4) is 0 Å². The molecule has 9 nitrogen and oxygen atoms in total. The van der Waals surface area contributed by atoms with Gasteiger partial charge >= 0.3 is 0 Å². The van der Waals surface area contributed by atoms with Crippen LogP contribution in [0.25, 0.3) is 11.3 Å². The number of hydrogen-bond donors (Lipinski definition) is 2. The molecule has 42 heavy (non-hydrogen) atoms. The zero-order chi connectivity index (χ0) is 29.7. The molecular formula is C30H31F2N5O4S. The van der Waals surface area contributed by atoms with Gasteiger partial charge in [0.05, 0.1) is 19.4 Å². The third-order valence-electron chi connectivity index (χ3n) is 7.04. The molecule has 0 amide bonds. The zero-order valence-electron chi connectivity index (χ0n) is 23.2. The lowest BCUT2D eigenvalue weighted by Crippen LogP contribution is -2.32. The van der Waals surface area contributed by atoms with Crippen LogP contribution in [0.2, 0.25) is 0 Å². The van der Waals surface area contributed by atoms with E-state index in [1.165, 1.54) is 18.5 Å². The number of benzene rings is 3. The summed E-state index contributed by atoms with van der Waals surface area (Å²) in [6.45, 7) is 2.80. The van der Waals surface area contributed by atoms with Crippen LogP contribution in [0.15, 0.2) is 78.0 Å². The van der Waals surface area contributed by atoms with E-state index in [1.807, 2.05) is 18.2 Å². The van der Waals surface area contributed by atoms with Gasteiger partial charge in [0.2, 0.25) is 0 Å². The fourth-order valence-corrected chi connectivity index (χ4v) is 5.88. The van der Waals surface area contributed by atoms with E-state index in [4.69, 9.17) is 9.47 Å². The van der Waals surface area contributed by atoms with Gasteiger partial charge in [0.15, 0.2) is 16.4 Å². The standard InChI is InChI=1S/C30H31F2N5O4S/c1-37-14-12-20(13-15-37)18-41-27-11-6-21(16-28(27)40-2)26-17-29(34-19-33-26)35-22-7-9-23(10-8-22)36-42(38,39)30-24(31)4-3-5-25(30)32/h3-11,16-17,19-20,36H,12-15,18H2,1-2H3,(H,33,34,35). The Morgan fingerprint density at radius 3 is 2.31 bits per heavy atom. The van der Waals surface area contributed by atoms with E-state index in [2.05, 4.69) is 32.0 Å². The van der Waals surface area contributed by atoms with Crippen LogP contribution in [-0.4, -0.2) is 57.1 Å². The van der Waals surface area contributed by atoms with Crippen molar-refractivity contribution in [1.82, 2.24) is 14.9 Å². The first-order valence-corrected chi connectivity index (χ1v) is 14.9. The molecule has 0 bridgehead atoms. The van der Waals surface area contributed by atoms with Gasteiger partial charge in [-0.1, -0.05) is 6.07 Å². The molecule has 12 heteroatoms.